The van der Waals surface area contributed by atoms with Crippen LogP contribution in [0.15, 0.2) is 47.5 Å². The maximum absolute atomic E-state index is 5.58. The predicted octanol–water partition coefficient (Wildman–Crippen LogP) is 3.20. The normalized spacial score (nSPS) is 11.2. The third kappa shape index (κ3) is 3.98. The van der Waals surface area contributed by atoms with E-state index < -0.39 is 0 Å². The molecule has 0 saturated heterocycles. The van der Waals surface area contributed by atoms with E-state index in [1.807, 2.05) is 44.2 Å². The molecule has 0 bridgehead atoms. The maximum atomic E-state index is 5.58. The maximum Gasteiger partial charge on any atom is 0.211 e. The van der Waals surface area contributed by atoms with Gasteiger partial charge >= 0.3 is 0 Å². The van der Waals surface area contributed by atoms with E-state index in [1.54, 1.807) is 0 Å². The number of ether oxygens (including phenoxy) is 1. The standard InChI is InChI=1S/C13H17NO/c1-4-14-13(11(2)3)15-10-12-8-6-5-7-9-12/h5-9H,2,4,10H2,1,3H3/b14-13+. The van der Waals surface area contributed by atoms with E-state index >= 15 is 0 Å². The molecule has 0 fully saturated rings. The second-order valence-electron chi connectivity index (χ2n) is 3.33. The van der Waals surface area contributed by atoms with Gasteiger partial charge in [-0.3, -0.25) is 4.99 Å². The Bertz CT molecular complexity index is 341. The average Bonchev–Trinajstić information content (AvgIpc) is 2.25. The van der Waals surface area contributed by atoms with E-state index in [1.165, 1.54) is 0 Å². The largest absolute Gasteiger partial charge is 0.473 e. The molecular formula is C13H17NO. The molecule has 80 valence electrons. The number of benzene rings is 1. The molecule has 0 heterocycles. The summed E-state index contributed by atoms with van der Waals surface area (Å²) in [6, 6.07) is 10.0. The summed E-state index contributed by atoms with van der Waals surface area (Å²) in [4.78, 5) is 4.23. The molecular weight excluding hydrogens is 186 g/mol. The van der Waals surface area contributed by atoms with E-state index in [9.17, 15) is 0 Å². The number of rotatable bonds is 4. The number of aliphatic imine (C=N–C) groups is 1. The van der Waals surface area contributed by atoms with Crippen molar-refractivity contribution < 1.29 is 4.74 Å². The Labute approximate surface area is 91.3 Å². The molecule has 0 saturated carbocycles. The molecule has 0 aliphatic heterocycles. The highest BCUT2D eigenvalue weighted by atomic mass is 16.5. The Morgan fingerprint density at radius 2 is 2.00 bits per heavy atom. The molecule has 0 atom stereocenters. The van der Waals surface area contributed by atoms with Gasteiger partial charge in [0, 0.05) is 12.1 Å². The summed E-state index contributed by atoms with van der Waals surface area (Å²) >= 11 is 0. The van der Waals surface area contributed by atoms with Crippen LogP contribution >= 0.6 is 0 Å². The number of hydrogen-bond acceptors (Lipinski definition) is 2. The first-order valence-corrected chi connectivity index (χ1v) is 5.11. The van der Waals surface area contributed by atoms with E-state index in [-0.39, 0.29) is 0 Å². The highest BCUT2D eigenvalue weighted by molar-refractivity contribution is 5.92. The lowest BCUT2D eigenvalue weighted by molar-refractivity contribution is 0.292. The lowest BCUT2D eigenvalue weighted by Crippen LogP contribution is -2.06. The summed E-state index contributed by atoms with van der Waals surface area (Å²) in [5.74, 6) is 0.654. The Hall–Kier alpha value is -1.57. The second kappa shape index (κ2) is 6.02. The van der Waals surface area contributed by atoms with Gasteiger partial charge in [-0.1, -0.05) is 36.9 Å². The summed E-state index contributed by atoms with van der Waals surface area (Å²) in [5.41, 5.74) is 2.01. The van der Waals surface area contributed by atoms with Crippen LogP contribution in [0.5, 0.6) is 0 Å². The third-order valence-corrected chi connectivity index (χ3v) is 1.89. The smallest absolute Gasteiger partial charge is 0.211 e. The fraction of sp³-hybridized carbons (Fsp3) is 0.308. The lowest BCUT2D eigenvalue weighted by atomic mass is 10.2. The van der Waals surface area contributed by atoms with Crippen LogP contribution in [-0.4, -0.2) is 12.4 Å². The predicted molar refractivity (Wildman–Crippen MR) is 64.0 cm³/mol. The van der Waals surface area contributed by atoms with Crippen LogP contribution in [-0.2, 0) is 11.3 Å². The van der Waals surface area contributed by atoms with Crippen molar-refractivity contribution >= 4 is 5.90 Å². The van der Waals surface area contributed by atoms with Gasteiger partial charge in [0.2, 0.25) is 5.90 Å². The van der Waals surface area contributed by atoms with Crippen molar-refractivity contribution in [1.82, 2.24) is 0 Å². The van der Waals surface area contributed by atoms with Crippen LogP contribution in [0.1, 0.15) is 19.4 Å². The summed E-state index contributed by atoms with van der Waals surface area (Å²) in [6.45, 7) is 8.98. The van der Waals surface area contributed by atoms with Crippen molar-refractivity contribution in [1.29, 1.82) is 0 Å². The van der Waals surface area contributed by atoms with E-state index in [4.69, 9.17) is 4.74 Å². The minimum Gasteiger partial charge on any atom is -0.473 e. The van der Waals surface area contributed by atoms with Crippen LogP contribution < -0.4 is 0 Å². The molecule has 1 aromatic rings. The summed E-state index contributed by atoms with van der Waals surface area (Å²) in [7, 11) is 0. The molecule has 15 heavy (non-hydrogen) atoms. The van der Waals surface area contributed by atoms with Gasteiger partial charge < -0.3 is 4.74 Å². The van der Waals surface area contributed by atoms with Gasteiger partial charge in [0.15, 0.2) is 0 Å². The summed E-state index contributed by atoms with van der Waals surface area (Å²) in [6.07, 6.45) is 0. The molecule has 1 rings (SSSR count). The van der Waals surface area contributed by atoms with E-state index in [0.717, 1.165) is 17.7 Å². The van der Waals surface area contributed by atoms with Gasteiger partial charge in [-0.05, 0) is 19.4 Å². The van der Waals surface area contributed by atoms with Crippen molar-refractivity contribution in [3.05, 3.63) is 48.0 Å². The van der Waals surface area contributed by atoms with Crippen LogP contribution in [0, 0.1) is 0 Å². The Morgan fingerprint density at radius 1 is 1.33 bits per heavy atom. The van der Waals surface area contributed by atoms with Crippen LogP contribution in [0.25, 0.3) is 0 Å². The van der Waals surface area contributed by atoms with Crippen molar-refractivity contribution in [3.8, 4) is 0 Å². The molecule has 0 unspecified atom stereocenters. The first kappa shape index (κ1) is 11.5. The van der Waals surface area contributed by atoms with Crippen molar-refractivity contribution in [3.63, 3.8) is 0 Å². The molecule has 0 aliphatic rings. The van der Waals surface area contributed by atoms with Crippen LogP contribution in [0.3, 0.4) is 0 Å². The summed E-state index contributed by atoms with van der Waals surface area (Å²) < 4.78 is 5.58. The Kier molecular flexibility index (Phi) is 4.61. The number of hydrogen-bond donors (Lipinski definition) is 0. The molecule has 0 amide bonds. The molecule has 0 spiro atoms. The zero-order chi connectivity index (χ0) is 11.1. The average molecular weight is 203 g/mol. The Morgan fingerprint density at radius 3 is 2.53 bits per heavy atom. The minimum absolute atomic E-state index is 0.548. The van der Waals surface area contributed by atoms with Gasteiger partial charge in [0.1, 0.15) is 6.61 Å². The molecule has 0 N–H and O–H groups in total. The fourth-order valence-electron chi connectivity index (χ4n) is 1.17. The molecule has 0 radical (unpaired) electrons. The van der Waals surface area contributed by atoms with Gasteiger partial charge in [-0.25, -0.2) is 0 Å². The topological polar surface area (TPSA) is 21.6 Å². The van der Waals surface area contributed by atoms with Crippen molar-refractivity contribution in [2.24, 2.45) is 4.99 Å². The fourth-order valence-corrected chi connectivity index (χ4v) is 1.17. The first-order chi connectivity index (χ1) is 7.24. The van der Waals surface area contributed by atoms with Gasteiger partial charge in [0.05, 0.1) is 0 Å². The highest BCUT2D eigenvalue weighted by Gasteiger charge is 2.00. The lowest BCUT2D eigenvalue weighted by Gasteiger charge is -2.08. The van der Waals surface area contributed by atoms with E-state index in [2.05, 4.69) is 11.6 Å². The number of nitrogens with zero attached hydrogens (tertiary/aromatic N) is 1. The van der Waals surface area contributed by atoms with Gasteiger partial charge in [-0.15, -0.1) is 0 Å². The first-order valence-electron chi connectivity index (χ1n) is 5.11. The molecule has 0 aliphatic carbocycles. The monoisotopic (exact) mass is 203 g/mol. The van der Waals surface area contributed by atoms with Crippen LogP contribution in [0.2, 0.25) is 0 Å². The zero-order valence-corrected chi connectivity index (χ0v) is 9.36. The molecule has 2 nitrogen and oxygen atoms in total. The quantitative estimate of drug-likeness (QED) is 0.544. The molecule has 2 heteroatoms. The van der Waals surface area contributed by atoms with Crippen molar-refractivity contribution in [2.45, 2.75) is 20.5 Å². The summed E-state index contributed by atoms with van der Waals surface area (Å²) in [5, 5.41) is 0. The Balaban J connectivity index is 2.55. The highest BCUT2D eigenvalue weighted by Crippen LogP contribution is 2.04. The SMILES string of the molecule is C=C(C)/C(=N\CC)OCc1ccccc1. The molecule has 0 aromatic heterocycles. The molecule has 1 aromatic carbocycles. The van der Waals surface area contributed by atoms with Gasteiger partial charge in [-0.2, -0.15) is 0 Å². The van der Waals surface area contributed by atoms with Gasteiger partial charge in [0.25, 0.3) is 0 Å². The second-order valence-corrected chi connectivity index (χ2v) is 3.33. The van der Waals surface area contributed by atoms with E-state index in [0.29, 0.717) is 12.5 Å². The van der Waals surface area contributed by atoms with Crippen LogP contribution in [0.4, 0.5) is 0 Å². The minimum atomic E-state index is 0.548. The third-order valence-electron chi connectivity index (χ3n) is 1.89. The van der Waals surface area contributed by atoms with Crippen molar-refractivity contribution in [2.75, 3.05) is 6.54 Å². The zero-order valence-electron chi connectivity index (χ0n) is 9.36.